The van der Waals surface area contributed by atoms with Crippen molar-refractivity contribution in [1.82, 2.24) is 9.78 Å². The van der Waals surface area contributed by atoms with Gasteiger partial charge in [0, 0.05) is 12.1 Å². The number of aromatic nitrogens is 2. The van der Waals surface area contributed by atoms with E-state index in [1.807, 2.05) is 24.6 Å². The van der Waals surface area contributed by atoms with Crippen molar-refractivity contribution in [2.24, 2.45) is 0 Å². The molecule has 2 rings (SSSR count). The molecule has 0 aliphatic rings. The number of aldehydes is 1. The molecule has 4 heteroatoms. The Morgan fingerprint density at radius 3 is 2.88 bits per heavy atom. The Morgan fingerprint density at radius 2 is 2.25 bits per heavy atom. The van der Waals surface area contributed by atoms with E-state index in [1.165, 1.54) is 0 Å². The molecule has 0 amide bonds. The van der Waals surface area contributed by atoms with Gasteiger partial charge in [-0.15, -0.1) is 0 Å². The van der Waals surface area contributed by atoms with Crippen LogP contribution in [0.15, 0.2) is 18.3 Å². The van der Waals surface area contributed by atoms with Crippen LogP contribution in [0, 0.1) is 0 Å². The van der Waals surface area contributed by atoms with E-state index in [2.05, 4.69) is 5.10 Å². The van der Waals surface area contributed by atoms with Gasteiger partial charge in [-0.3, -0.25) is 9.48 Å². The minimum atomic E-state index is 0.578. The first-order valence-electron chi connectivity index (χ1n) is 5.37. The van der Waals surface area contributed by atoms with Gasteiger partial charge in [0.15, 0.2) is 0 Å². The van der Waals surface area contributed by atoms with Crippen LogP contribution >= 0.6 is 0 Å². The van der Waals surface area contributed by atoms with Gasteiger partial charge in [-0.1, -0.05) is 0 Å². The maximum atomic E-state index is 10.8. The lowest BCUT2D eigenvalue weighted by Crippen LogP contribution is -1.97. The van der Waals surface area contributed by atoms with E-state index in [-0.39, 0.29) is 0 Å². The smallest absolute Gasteiger partial charge is 0.150 e. The molecule has 1 aromatic heterocycles. The molecule has 0 unspecified atom stereocenters. The van der Waals surface area contributed by atoms with Gasteiger partial charge in [0.25, 0.3) is 0 Å². The number of fused-ring (bicyclic) bond motifs is 1. The van der Waals surface area contributed by atoms with Crippen molar-refractivity contribution in [3.8, 4) is 5.75 Å². The summed E-state index contributed by atoms with van der Waals surface area (Å²) in [6.07, 6.45) is 2.60. The molecule has 0 saturated heterocycles. The standard InChI is InChI=1S/C12H14N2O2/c1-3-14-11-5-9(8-15)6-12(16-4-2)10(11)7-13-14/h5-8H,3-4H2,1-2H3. The zero-order chi connectivity index (χ0) is 11.5. The third kappa shape index (κ3) is 1.66. The van der Waals surface area contributed by atoms with Gasteiger partial charge in [0.1, 0.15) is 12.0 Å². The maximum absolute atomic E-state index is 10.8. The predicted molar refractivity (Wildman–Crippen MR) is 62.0 cm³/mol. The Morgan fingerprint density at radius 1 is 1.44 bits per heavy atom. The molecule has 0 bridgehead atoms. The van der Waals surface area contributed by atoms with Crippen LogP contribution in [-0.4, -0.2) is 22.7 Å². The number of hydrogen-bond acceptors (Lipinski definition) is 3. The number of nitrogens with zero attached hydrogens (tertiary/aromatic N) is 2. The van der Waals surface area contributed by atoms with Crippen LogP contribution in [0.3, 0.4) is 0 Å². The van der Waals surface area contributed by atoms with Crippen molar-refractivity contribution in [3.63, 3.8) is 0 Å². The second kappa shape index (κ2) is 4.35. The van der Waals surface area contributed by atoms with Crippen molar-refractivity contribution in [1.29, 1.82) is 0 Å². The number of carbonyl (C=O) groups excluding carboxylic acids is 1. The number of ether oxygens (including phenoxy) is 1. The van der Waals surface area contributed by atoms with Crippen LogP contribution in [0.1, 0.15) is 24.2 Å². The highest BCUT2D eigenvalue weighted by Crippen LogP contribution is 2.27. The summed E-state index contributed by atoms with van der Waals surface area (Å²) < 4.78 is 7.36. The van der Waals surface area contributed by atoms with Crippen LogP contribution in [0.5, 0.6) is 5.75 Å². The first kappa shape index (κ1) is 10.7. The minimum Gasteiger partial charge on any atom is -0.493 e. The molecule has 1 aromatic carbocycles. The third-order valence-electron chi connectivity index (χ3n) is 2.48. The van der Waals surface area contributed by atoms with E-state index in [4.69, 9.17) is 4.74 Å². The van der Waals surface area contributed by atoms with Gasteiger partial charge in [-0.25, -0.2) is 0 Å². The van der Waals surface area contributed by atoms with Gasteiger partial charge in [0.2, 0.25) is 0 Å². The van der Waals surface area contributed by atoms with Crippen LogP contribution in [0.4, 0.5) is 0 Å². The van der Waals surface area contributed by atoms with Gasteiger partial charge >= 0.3 is 0 Å². The Labute approximate surface area is 93.8 Å². The fourth-order valence-corrected chi connectivity index (χ4v) is 1.76. The largest absolute Gasteiger partial charge is 0.493 e. The highest BCUT2D eigenvalue weighted by molar-refractivity contribution is 5.91. The fraction of sp³-hybridized carbons (Fsp3) is 0.333. The van der Waals surface area contributed by atoms with Crippen molar-refractivity contribution in [2.45, 2.75) is 20.4 Å². The summed E-state index contributed by atoms with van der Waals surface area (Å²) in [7, 11) is 0. The van der Waals surface area contributed by atoms with E-state index in [0.717, 1.165) is 29.5 Å². The monoisotopic (exact) mass is 218 g/mol. The van der Waals surface area contributed by atoms with E-state index >= 15 is 0 Å². The Kier molecular flexibility index (Phi) is 2.90. The first-order chi connectivity index (χ1) is 7.80. The summed E-state index contributed by atoms with van der Waals surface area (Å²) in [6, 6.07) is 3.59. The average Bonchev–Trinajstić information content (AvgIpc) is 2.72. The van der Waals surface area contributed by atoms with Gasteiger partial charge in [-0.2, -0.15) is 5.10 Å². The lowest BCUT2D eigenvalue weighted by Gasteiger charge is -2.06. The first-order valence-corrected chi connectivity index (χ1v) is 5.37. The summed E-state index contributed by atoms with van der Waals surface area (Å²) in [5, 5.41) is 5.21. The van der Waals surface area contributed by atoms with Crippen LogP contribution in [-0.2, 0) is 6.54 Å². The Balaban J connectivity index is 2.68. The summed E-state index contributed by atoms with van der Waals surface area (Å²) >= 11 is 0. The molecular formula is C12H14N2O2. The highest BCUT2D eigenvalue weighted by atomic mass is 16.5. The zero-order valence-electron chi connectivity index (χ0n) is 9.43. The van der Waals surface area contributed by atoms with Gasteiger partial charge in [-0.05, 0) is 26.0 Å². The molecule has 2 aromatic rings. The Bertz CT molecular complexity index is 517. The average molecular weight is 218 g/mol. The fourth-order valence-electron chi connectivity index (χ4n) is 1.76. The Hall–Kier alpha value is -1.84. The molecule has 84 valence electrons. The molecule has 1 heterocycles. The number of benzene rings is 1. The molecule has 16 heavy (non-hydrogen) atoms. The predicted octanol–water partition coefficient (Wildman–Crippen LogP) is 2.27. The molecule has 0 saturated carbocycles. The molecule has 0 atom stereocenters. The van der Waals surface area contributed by atoms with Crippen molar-refractivity contribution in [2.75, 3.05) is 6.61 Å². The quantitative estimate of drug-likeness (QED) is 0.739. The normalized spacial score (nSPS) is 10.6. The van der Waals surface area contributed by atoms with E-state index in [1.54, 1.807) is 12.3 Å². The molecule has 0 spiro atoms. The van der Waals surface area contributed by atoms with Crippen LogP contribution in [0.2, 0.25) is 0 Å². The van der Waals surface area contributed by atoms with Gasteiger partial charge < -0.3 is 4.74 Å². The van der Waals surface area contributed by atoms with Crippen molar-refractivity contribution in [3.05, 3.63) is 23.9 Å². The molecule has 0 aliphatic heterocycles. The second-order valence-electron chi connectivity index (χ2n) is 3.46. The number of carbonyl (C=O) groups is 1. The lowest BCUT2D eigenvalue weighted by atomic mass is 10.1. The summed E-state index contributed by atoms with van der Waals surface area (Å²) in [4.78, 5) is 10.8. The molecule has 0 fully saturated rings. The summed E-state index contributed by atoms with van der Waals surface area (Å²) in [5.41, 5.74) is 1.56. The number of hydrogen-bond donors (Lipinski definition) is 0. The van der Waals surface area contributed by atoms with Crippen LogP contribution in [0.25, 0.3) is 10.9 Å². The summed E-state index contributed by atoms with van der Waals surface area (Å²) in [6.45, 7) is 5.29. The van der Waals surface area contributed by atoms with Crippen molar-refractivity contribution < 1.29 is 9.53 Å². The van der Waals surface area contributed by atoms with E-state index in [0.29, 0.717) is 12.2 Å². The topological polar surface area (TPSA) is 44.1 Å². The zero-order valence-corrected chi connectivity index (χ0v) is 9.43. The molecule has 0 radical (unpaired) electrons. The molecule has 0 N–H and O–H groups in total. The maximum Gasteiger partial charge on any atom is 0.150 e. The van der Waals surface area contributed by atoms with E-state index < -0.39 is 0 Å². The third-order valence-corrected chi connectivity index (χ3v) is 2.48. The highest BCUT2D eigenvalue weighted by Gasteiger charge is 2.09. The number of rotatable bonds is 4. The minimum absolute atomic E-state index is 0.578. The lowest BCUT2D eigenvalue weighted by molar-refractivity contribution is 0.112. The SMILES string of the molecule is CCOc1cc(C=O)cc2c1cnn2CC. The van der Waals surface area contributed by atoms with Crippen molar-refractivity contribution >= 4 is 17.2 Å². The summed E-state index contributed by atoms with van der Waals surface area (Å²) in [5.74, 6) is 0.724. The molecule has 0 aliphatic carbocycles. The molecular weight excluding hydrogens is 204 g/mol. The van der Waals surface area contributed by atoms with E-state index in [9.17, 15) is 4.79 Å². The molecule has 4 nitrogen and oxygen atoms in total. The van der Waals surface area contributed by atoms with Crippen LogP contribution < -0.4 is 4.74 Å². The van der Waals surface area contributed by atoms with Gasteiger partial charge in [0.05, 0.1) is 23.7 Å². The second-order valence-corrected chi connectivity index (χ2v) is 3.46. The number of aryl methyl sites for hydroxylation is 1.